The van der Waals surface area contributed by atoms with Crippen LogP contribution in [0.15, 0.2) is 59.5 Å². The van der Waals surface area contributed by atoms with Gasteiger partial charge in [-0.1, -0.05) is 30.3 Å². The summed E-state index contributed by atoms with van der Waals surface area (Å²) in [5.74, 6) is 0. The van der Waals surface area contributed by atoms with Crippen LogP contribution in [0.3, 0.4) is 0 Å². The SMILES string of the molecule is CC1CN(S(=O)(=O)c2ccc(NCc3ccccc3)cc2)CC(C)O1. The highest BCUT2D eigenvalue weighted by Crippen LogP contribution is 2.22. The monoisotopic (exact) mass is 360 g/mol. The van der Waals surface area contributed by atoms with Crippen LogP contribution in [0.4, 0.5) is 5.69 Å². The van der Waals surface area contributed by atoms with E-state index < -0.39 is 10.0 Å². The molecule has 0 saturated carbocycles. The largest absolute Gasteiger partial charge is 0.381 e. The summed E-state index contributed by atoms with van der Waals surface area (Å²) in [6, 6.07) is 17.0. The van der Waals surface area contributed by atoms with Crippen molar-refractivity contribution in [1.82, 2.24) is 4.31 Å². The van der Waals surface area contributed by atoms with Crippen LogP contribution in [0.25, 0.3) is 0 Å². The minimum Gasteiger partial charge on any atom is -0.381 e. The van der Waals surface area contributed by atoms with Crippen LogP contribution in [0.1, 0.15) is 19.4 Å². The summed E-state index contributed by atoms with van der Waals surface area (Å²) >= 11 is 0. The van der Waals surface area contributed by atoms with Crippen molar-refractivity contribution in [3.63, 3.8) is 0 Å². The van der Waals surface area contributed by atoms with E-state index in [4.69, 9.17) is 4.74 Å². The fourth-order valence-corrected chi connectivity index (χ4v) is 4.61. The molecule has 2 aromatic rings. The van der Waals surface area contributed by atoms with Gasteiger partial charge in [0.1, 0.15) is 0 Å². The maximum absolute atomic E-state index is 12.8. The maximum Gasteiger partial charge on any atom is 0.243 e. The molecular weight excluding hydrogens is 336 g/mol. The standard InChI is InChI=1S/C19H24N2O3S/c1-15-13-21(14-16(2)24-15)25(22,23)19-10-8-18(9-11-19)20-12-17-6-4-3-5-7-17/h3-11,15-16,20H,12-14H2,1-2H3. The summed E-state index contributed by atoms with van der Waals surface area (Å²) in [7, 11) is -3.49. The summed E-state index contributed by atoms with van der Waals surface area (Å²) in [4.78, 5) is 0.319. The third-order valence-electron chi connectivity index (χ3n) is 4.22. The third kappa shape index (κ3) is 4.39. The zero-order valence-electron chi connectivity index (χ0n) is 14.6. The van der Waals surface area contributed by atoms with Crippen molar-refractivity contribution in [2.45, 2.75) is 37.5 Å². The van der Waals surface area contributed by atoms with Gasteiger partial charge in [0.15, 0.2) is 0 Å². The first-order valence-corrected chi connectivity index (χ1v) is 9.92. The van der Waals surface area contributed by atoms with Crippen molar-refractivity contribution in [2.75, 3.05) is 18.4 Å². The zero-order chi connectivity index (χ0) is 17.9. The minimum absolute atomic E-state index is 0.0923. The number of benzene rings is 2. The van der Waals surface area contributed by atoms with Crippen LogP contribution in [-0.4, -0.2) is 38.0 Å². The molecule has 2 atom stereocenters. The number of nitrogens with zero attached hydrogens (tertiary/aromatic N) is 1. The van der Waals surface area contributed by atoms with Crippen LogP contribution < -0.4 is 5.32 Å². The quantitative estimate of drug-likeness (QED) is 0.890. The Balaban J connectivity index is 1.68. The Hall–Kier alpha value is -1.89. The molecule has 5 nitrogen and oxygen atoms in total. The van der Waals surface area contributed by atoms with Gasteiger partial charge in [-0.2, -0.15) is 4.31 Å². The lowest BCUT2D eigenvalue weighted by molar-refractivity contribution is -0.0440. The molecule has 0 amide bonds. The lowest BCUT2D eigenvalue weighted by Gasteiger charge is -2.34. The molecule has 0 spiro atoms. The Labute approximate surface area is 149 Å². The zero-order valence-corrected chi connectivity index (χ0v) is 15.4. The second-order valence-electron chi connectivity index (χ2n) is 6.44. The highest BCUT2D eigenvalue weighted by Gasteiger charge is 2.32. The van der Waals surface area contributed by atoms with Crippen molar-refractivity contribution in [3.8, 4) is 0 Å². The van der Waals surface area contributed by atoms with Crippen molar-refractivity contribution >= 4 is 15.7 Å². The molecule has 1 fully saturated rings. The van der Waals surface area contributed by atoms with Crippen LogP contribution in [0.2, 0.25) is 0 Å². The molecule has 1 aliphatic heterocycles. The van der Waals surface area contributed by atoms with Gasteiger partial charge in [-0.05, 0) is 43.7 Å². The normalized spacial score (nSPS) is 21.8. The van der Waals surface area contributed by atoms with Crippen LogP contribution >= 0.6 is 0 Å². The number of ether oxygens (including phenoxy) is 1. The van der Waals surface area contributed by atoms with E-state index in [0.717, 1.165) is 5.69 Å². The topological polar surface area (TPSA) is 58.6 Å². The predicted molar refractivity (Wildman–Crippen MR) is 99.0 cm³/mol. The number of nitrogens with one attached hydrogen (secondary N) is 1. The van der Waals surface area contributed by atoms with Crippen molar-refractivity contribution < 1.29 is 13.2 Å². The Morgan fingerprint density at radius 2 is 1.60 bits per heavy atom. The molecule has 0 radical (unpaired) electrons. The van der Waals surface area contributed by atoms with Crippen molar-refractivity contribution in [1.29, 1.82) is 0 Å². The van der Waals surface area contributed by atoms with E-state index in [2.05, 4.69) is 5.32 Å². The van der Waals surface area contributed by atoms with Gasteiger partial charge in [0.05, 0.1) is 17.1 Å². The molecule has 0 bridgehead atoms. The van der Waals surface area contributed by atoms with E-state index in [1.54, 1.807) is 12.1 Å². The molecular formula is C19H24N2O3S. The Morgan fingerprint density at radius 3 is 2.20 bits per heavy atom. The predicted octanol–water partition coefficient (Wildman–Crippen LogP) is 3.10. The summed E-state index contributed by atoms with van der Waals surface area (Å²) in [6.45, 7) is 5.27. The van der Waals surface area contributed by atoms with E-state index in [9.17, 15) is 8.42 Å². The molecule has 1 heterocycles. The first-order valence-electron chi connectivity index (χ1n) is 8.48. The van der Waals surface area contributed by atoms with Gasteiger partial charge >= 0.3 is 0 Å². The molecule has 3 rings (SSSR count). The first-order chi connectivity index (χ1) is 11.9. The highest BCUT2D eigenvalue weighted by atomic mass is 32.2. The Bertz CT molecular complexity index is 781. The molecule has 25 heavy (non-hydrogen) atoms. The lowest BCUT2D eigenvalue weighted by atomic mass is 10.2. The summed E-state index contributed by atoms with van der Waals surface area (Å²) in [6.07, 6.45) is -0.185. The Morgan fingerprint density at radius 1 is 1.00 bits per heavy atom. The molecule has 2 aromatic carbocycles. The van der Waals surface area contributed by atoms with E-state index in [-0.39, 0.29) is 12.2 Å². The highest BCUT2D eigenvalue weighted by molar-refractivity contribution is 7.89. The summed E-state index contributed by atoms with van der Waals surface area (Å²) in [5.41, 5.74) is 2.07. The van der Waals surface area contributed by atoms with Crippen molar-refractivity contribution in [2.24, 2.45) is 0 Å². The molecule has 2 unspecified atom stereocenters. The number of morpholine rings is 1. The van der Waals surface area contributed by atoms with E-state index >= 15 is 0 Å². The number of rotatable bonds is 5. The number of anilines is 1. The van der Waals surface area contributed by atoms with E-state index in [1.807, 2.05) is 56.3 Å². The fraction of sp³-hybridized carbons (Fsp3) is 0.368. The second kappa shape index (κ2) is 7.56. The molecule has 1 saturated heterocycles. The molecule has 0 aromatic heterocycles. The first kappa shape index (κ1) is 17.9. The molecule has 1 N–H and O–H groups in total. The number of sulfonamides is 1. The summed E-state index contributed by atoms with van der Waals surface area (Å²) in [5, 5.41) is 3.30. The van der Waals surface area contributed by atoms with Crippen molar-refractivity contribution in [3.05, 3.63) is 60.2 Å². The smallest absolute Gasteiger partial charge is 0.243 e. The van der Waals surface area contributed by atoms with Crippen LogP contribution in [0, 0.1) is 0 Å². The van der Waals surface area contributed by atoms with E-state index in [1.165, 1.54) is 9.87 Å². The number of hydrogen-bond acceptors (Lipinski definition) is 4. The van der Waals surface area contributed by atoms with Gasteiger partial charge in [0.25, 0.3) is 0 Å². The van der Waals surface area contributed by atoms with Gasteiger partial charge in [-0.3, -0.25) is 0 Å². The molecule has 134 valence electrons. The average Bonchev–Trinajstić information content (AvgIpc) is 2.60. The van der Waals surface area contributed by atoms with Gasteiger partial charge in [-0.15, -0.1) is 0 Å². The maximum atomic E-state index is 12.8. The van der Waals surface area contributed by atoms with Gasteiger partial charge < -0.3 is 10.1 Å². The average molecular weight is 360 g/mol. The van der Waals surface area contributed by atoms with Gasteiger partial charge in [0, 0.05) is 25.3 Å². The lowest BCUT2D eigenvalue weighted by Crippen LogP contribution is -2.48. The third-order valence-corrected chi connectivity index (χ3v) is 6.06. The van der Waals surface area contributed by atoms with Gasteiger partial charge in [0.2, 0.25) is 10.0 Å². The fourth-order valence-electron chi connectivity index (χ4n) is 3.02. The van der Waals surface area contributed by atoms with Crippen LogP contribution in [-0.2, 0) is 21.3 Å². The second-order valence-corrected chi connectivity index (χ2v) is 8.38. The van der Waals surface area contributed by atoms with E-state index in [0.29, 0.717) is 24.5 Å². The molecule has 1 aliphatic rings. The summed E-state index contributed by atoms with van der Waals surface area (Å²) < 4.78 is 32.8. The molecule has 0 aliphatic carbocycles. The minimum atomic E-state index is -3.49. The molecule has 6 heteroatoms. The van der Waals surface area contributed by atoms with Crippen LogP contribution in [0.5, 0.6) is 0 Å². The van der Waals surface area contributed by atoms with Gasteiger partial charge in [-0.25, -0.2) is 8.42 Å². The Kier molecular flexibility index (Phi) is 5.42. The number of hydrogen-bond donors (Lipinski definition) is 1.